The number of carbonyl (C=O) groups excluding carboxylic acids is 1. The molecular weight excluding hydrogens is 312 g/mol. The minimum atomic E-state index is 0.0233. The molecule has 2 aliphatic rings. The first-order valence-corrected chi connectivity index (χ1v) is 8.76. The van der Waals surface area contributed by atoms with Crippen LogP contribution in [0.15, 0.2) is 18.2 Å². The lowest BCUT2D eigenvalue weighted by molar-refractivity contribution is 0.100. The van der Waals surface area contributed by atoms with E-state index in [1.165, 1.54) is 23.4 Å². The third-order valence-corrected chi connectivity index (χ3v) is 5.23. The van der Waals surface area contributed by atoms with Gasteiger partial charge in [-0.25, -0.2) is 4.98 Å². The number of hydrogen-bond donors (Lipinski definition) is 1. The van der Waals surface area contributed by atoms with Crippen LogP contribution in [0, 0.1) is 0 Å². The van der Waals surface area contributed by atoms with E-state index < -0.39 is 0 Å². The molecule has 0 amide bonds. The molecule has 0 unspecified atom stereocenters. The normalized spacial score (nSPS) is 15.8. The fourth-order valence-electron chi connectivity index (χ4n) is 2.90. The van der Waals surface area contributed by atoms with Crippen LogP contribution in [0.5, 0.6) is 11.5 Å². The largest absolute Gasteiger partial charge is 0.486 e. The molecular formula is C17H18N2O3S. The van der Waals surface area contributed by atoms with Crippen LogP contribution in [0.2, 0.25) is 0 Å². The van der Waals surface area contributed by atoms with Gasteiger partial charge in [-0.2, -0.15) is 0 Å². The second kappa shape index (κ2) is 6.20. The number of aromatic nitrogens is 1. The molecule has 4 rings (SSSR count). The number of rotatable bonds is 4. The van der Waals surface area contributed by atoms with E-state index in [1.807, 2.05) is 0 Å². The first kappa shape index (κ1) is 14.5. The lowest BCUT2D eigenvalue weighted by Gasteiger charge is -2.18. The molecule has 0 atom stereocenters. The predicted molar refractivity (Wildman–Crippen MR) is 89.0 cm³/mol. The van der Waals surface area contributed by atoms with Gasteiger partial charge in [0.2, 0.25) is 0 Å². The Labute approximate surface area is 138 Å². The number of aryl methyl sites for hydroxylation is 2. The molecule has 0 saturated carbocycles. The first-order valence-electron chi connectivity index (χ1n) is 7.95. The third kappa shape index (κ3) is 3.03. The van der Waals surface area contributed by atoms with Crippen LogP contribution < -0.4 is 14.8 Å². The molecule has 0 bridgehead atoms. The summed E-state index contributed by atoms with van der Waals surface area (Å²) in [5.41, 5.74) is 1.83. The highest BCUT2D eigenvalue weighted by Gasteiger charge is 2.17. The maximum absolute atomic E-state index is 12.4. The highest BCUT2D eigenvalue weighted by atomic mass is 32.1. The molecule has 2 heterocycles. The van der Waals surface area contributed by atoms with Crippen LogP contribution in [0.4, 0.5) is 5.13 Å². The Balaban J connectivity index is 1.42. The molecule has 0 saturated heterocycles. The summed E-state index contributed by atoms with van der Waals surface area (Å²) in [6.45, 7) is 1.32. The van der Waals surface area contributed by atoms with Crippen molar-refractivity contribution < 1.29 is 14.3 Å². The Bertz CT molecular complexity index is 718. The van der Waals surface area contributed by atoms with E-state index in [0.29, 0.717) is 30.3 Å². The van der Waals surface area contributed by atoms with E-state index in [0.717, 1.165) is 18.0 Å². The minimum Gasteiger partial charge on any atom is -0.486 e. The van der Waals surface area contributed by atoms with Crippen LogP contribution in [0.25, 0.3) is 0 Å². The van der Waals surface area contributed by atoms with Gasteiger partial charge in [0.1, 0.15) is 13.2 Å². The molecule has 1 N–H and O–H groups in total. The number of benzene rings is 1. The summed E-state index contributed by atoms with van der Waals surface area (Å²) in [7, 11) is 0. The van der Waals surface area contributed by atoms with Gasteiger partial charge in [0, 0.05) is 10.4 Å². The Morgan fingerprint density at radius 3 is 2.87 bits per heavy atom. The van der Waals surface area contributed by atoms with Crippen molar-refractivity contribution in [2.45, 2.75) is 25.7 Å². The average Bonchev–Trinajstić information content (AvgIpc) is 3.02. The highest BCUT2D eigenvalue weighted by Crippen LogP contribution is 2.31. The number of nitrogens with one attached hydrogen (secondary N) is 1. The van der Waals surface area contributed by atoms with E-state index in [2.05, 4.69) is 10.3 Å². The van der Waals surface area contributed by atoms with Gasteiger partial charge < -0.3 is 14.8 Å². The van der Waals surface area contributed by atoms with Crippen LogP contribution in [0.3, 0.4) is 0 Å². The minimum absolute atomic E-state index is 0.0233. The van der Waals surface area contributed by atoms with Crippen molar-refractivity contribution in [3.63, 3.8) is 0 Å². The average molecular weight is 330 g/mol. The summed E-state index contributed by atoms with van der Waals surface area (Å²) in [5, 5.41) is 4.02. The van der Waals surface area contributed by atoms with E-state index in [-0.39, 0.29) is 12.3 Å². The number of thiazole rings is 1. The smallest absolute Gasteiger partial charge is 0.183 e. The van der Waals surface area contributed by atoms with Gasteiger partial charge in [0.15, 0.2) is 22.4 Å². The van der Waals surface area contributed by atoms with E-state index in [9.17, 15) is 4.79 Å². The molecule has 1 aromatic heterocycles. The number of carbonyl (C=O) groups is 1. The standard InChI is InChI=1S/C17H18N2O3S/c20-13(11-5-6-14-15(9-11)22-8-7-21-14)10-18-17-19-12-3-1-2-4-16(12)23-17/h5-6,9H,1-4,7-8,10H2,(H,18,19). The van der Waals surface area contributed by atoms with Gasteiger partial charge in [0.25, 0.3) is 0 Å². The number of Topliss-reactive ketones (excluding diaryl/α,β-unsaturated/α-hetero) is 1. The lowest BCUT2D eigenvalue weighted by Crippen LogP contribution is -2.17. The predicted octanol–water partition coefficient (Wildman–Crippen LogP) is 3.09. The quantitative estimate of drug-likeness (QED) is 0.873. The number of anilines is 1. The summed E-state index contributed by atoms with van der Waals surface area (Å²) in [5.74, 6) is 1.37. The Hall–Kier alpha value is -2.08. The molecule has 0 spiro atoms. The third-order valence-electron chi connectivity index (χ3n) is 4.11. The second-order valence-corrected chi connectivity index (χ2v) is 6.81. The number of ether oxygens (including phenoxy) is 2. The van der Waals surface area contributed by atoms with Crippen molar-refractivity contribution in [2.24, 2.45) is 0 Å². The number of fused-ring (bicyclic) bond motifs is 2. The van der Waals surface area contributed by atoms with Crippen molar-refractivity contribution in [1.29, 1.82) is 0 Å². The molecule has 0 radical (unpaired) electrons. The monoisotopic (exact) mass is 330 g/mol. The van der Waals surface area contributed by atoms with Gasteiger partial charge in [-0.05, 0) is 43.9 Å². The fourth-order valence-corrected chi connectivity index (χ4v) is 3.95. The number of nitrogens with zero attached hydrogens (tertiary/aromatic N) is 1. The molecule has 1 aromatic carbocycles. The van der Waals surface area contributed by atoms with Crippen LogP contribution in [-0.4, -0.2) is 30.5 Å². The molecule has 2 aromatic rings. The molecule has 1 aliphatic carbocycles. The zero-order chi connectivity index (χ0) is 15.6. The van der Waals surface area contributed by atoms with Gasteiger partial charge >= 0.3 is 0 Å². The first-order chi connectivity index (χ1) is 11.3. The van der Waals surface area contributed by atoms with Crippen molar-refractivity contribution in [3.05, 3.63) is 34.3 Å². The molecule has 1 aliphatic heterocycles. The van der Waals surface area contributed by atoms with E-state index in [4.69, 9.17) is 9.47 Å². The molecule has 6 heteroatoms. The van der Waals surface area contributed by atoms with Crippen LogP contribution in [-0.2, 0) is 12.8 Å². The summed E-state index contributed by atoms with van der Waals surface area (Å²) < 4.78 is 11.0. The number of hydrogen-bond acceptors (Lipinski definition) is 6. The summed E-state index contributed by atoms with van der Waals surface area (Å²) in [4.78, 5) is 18.3. The zero-order valence-corrected chi connectivity index (χ0v) is 13.6. The molecule has 23 heavy (non-hydrogen) atoms. The summed E-state index contributed by atoms with van der Waals surface area (Å²) >= 11 is 1.68. The van der Waals surface area contributed by atoms with Gasteiger partial charge in [-0.1, -0.05) is 0 Å². The summed E-state index contributed by atoms with van der Waals surface area (Å²) in [6, 6.07) is 5.33. The number of ketones is 1. The SMILES string of the molecule is O=C(CNc1nc2c(s1)CCCC2)c1ccc2c(c1)OCCO2. The van der Waals surface area contributed by atoms with Crippen molar-refractivity contribution in [2.75, 3.05) is 25.1 Å². The Morgan fingerprint density at radius 2 is 2.00 bits per heavy atom. The fraction of sp³-hybridized carbons (Fsp3) is 0.412. The van der Waals surface area contributed by atoms with Gasteiger partial charge in [-0.3, -0.25) is 4.79 Å². The summed E-state index contributed by atoms with van der Waals surface area (Å²) in [6.07, 6.45) is 4.63. The van der Waals surface area contributed by atoms with Crippen LogP contribution >= 0.6 is 11.3 Å². The zero-order valence-electron chi connectivity index (χ0n) is 12.8. The van der Waals surface area contributed by atoms with E-state index in [1.54, 1.807) is 29.5 Å². The topological polar surface area (TPSA) is 60.5 Å². The van der Waals surface area contributed by atoms with Crippen LogP contribution in [0.1, 0.15) is 33.8 Å². The van der Waals surface area contributed by atoms with E-state index >= 15 is 0 Å². The Kier molecular flexibility index (Phi) is 3.91. The van der Waals surface area contributed by atoms with Crippen molar-refractivity contribution >= 4 is 22.3 Å². The van der Waals surface area contributed by atoms with Gasteiger partial charge in [0.05, 0.1) is 12.2 Å². The Morgan fingerprint density at radius 1 is 1.17 bits per heavy atom. The highest BCUT2D eigenvalue weighted by molar-refractivity contribution is 7.15. The van der Waals surface area contributed by atoms with Crippen molar-refractivity contribution in [3.8, 4) is 11.5 Å². The maximum Gasteiger partial charge on any atom is 0.183 e. The van der Waals surface area contributed by atoms with Gasteiger partial charge in [-0.15, -0.1) is 11.3 Å². The maximum atomic E-state index is 12.4. The molecule has 5 nitrogen and oxygen atoms in total. The second-order valence-electron chi connectivity index (χ2n) is 5.73. The van der Waals surface area contributed by atoms with Crippen molar-refractivity contribution in [1.82, 2.24) is 4.98 Å². The molecule has 0 fully saturated rings. The lowest BCUT2D eigenvalue weighted by atomic mass is 10.0. The molecule has 120 valence electrons.